The number of aryl methyl sites for hydroxylation is 1. The maximum absolute atomic E-state index is 12.6. The number of hydrogen-bond acceptors (Lipinski definition) is 4. The van der Waals surface area contributed by atoms with Gasteiger partial charge in [0.2, 0.25) is 11.3 Å². The predicted molar refractivity (Wildman–Crippen MR) is 107 cm³/mol. The van der Waals surface area contributed by atoms with Crippen LogP contribution < -0.4 is 10.2 Å². The fraction of sp³-hybridized carbons (Fsp3) is 0.211. The molecule has 2 heterocycles. The normalized spacial score (nSPS) is 10.9. The number of halogens is 2. The van der Waals surface area contributed by atoms with Crippen molar-refractivity contribution in [3.63, 3.8) is 0 Å². The van der Waals surface area contributed by atoms with Gasteiger partial charge in [-0.25, -0.2) is 4.79 Å². The van der Waals surface area contributed by atoms with Crippen molar-refractivity contribution in [2.45, 2.75) is 26.9 Å². The van der Waals surface area contributed by atoms with Crippen molar-refractivity contribution in [2.75, 3.05) is 0 Å². The molecule has 0 atom stereocenters. The van der Waals surface area contributed by atoms with E-state index in [1.807, 2.05) is 13.8 Å². The van der Waals surface area contributed by atoms with Crippen LogP contribution in [0.2, 0.25) is 10.0 Å². The number of nitrogens with zero attached hydrogens (tertiary/aromatic N) is 3. The average molecular weight is 422 g/mol. The highest BCUT2D eigenvalue weighted by Crippen LogP contribution is 2.33. The SMILES string of the molecule is CCn1cc(Oc2cc(=O)c(C(=O)O)c(-c3ccc(Cl)c(Cl)c3)n2CC)cn1. The molecule has 0 aliphatic rings. The Morgan fingerprint density at radius 3 is 2.50 bits per heavy atom. The number of rotatable bonds is 6. The minimum atomic E-state index is -1.33. The van der Waals surface area contributed by atoms with Gasteiger partial charge in [0.15, 0.2) is 5.75 Å². The quantitative estimate of drug-likeness (QED) is 0.630. The molecule has 0 saturated heterocycles. The molecule has 9 heteroatoms. The Hall–Kier alpha value is -2.77. The third-order valence-electron chi connectivity index (χ3n) is 4.15. The van der Waals surface area contributed by atoms with Crippen LogP contribution in [0.5, 0.6) is 11.6 Å². The van der Waals surface area contributed by atoms with E-state index in [-0.39, 0.29) is 22.2 Å². The zero-order valence-electron chi connectivity index (χ0n) is 15.1. The van der Waals surface area contributed by atoms with Crippen molar-refractivity contribution < 1.29 is 14.6 Å². The number of benzene rings is 1. The highest BCUT2D eigenvalue weighted by molar-refractivity contribution is 6.42. The minimum absolute atomic E-state index is 0.193. The molecule has 3 rings (SSSR count). The van der Waals surface area contributed by atoms with Crippen molar-refractivity contribution in [1.29, 1.82) is 0 Å². The second-order valence-electron chi connectivity index (χ2n) is 5.88. The van der Waals surface area contributed by atoms with E-state index in [9.17, 15) is 14.7 Å². The summed E-state index contributed by atoms with van der Waals surface area (Å²) in [6.07, 6.45) is 3.21. The lowest BCUT2D eigenvalue weighted by Crippen LogP contribution is -2.21. The van der Waals surface area contributed by atoms with E-state index in [2.05, 4.69) is 5.10 Å². The third-order valence-corrected chi connectivity index (χ3v) is 4.89. The van der Waals surface area contributed by atoms with Gasteiger partial charge in [0.1, 0.15) is 5.56 Å². The molecule has 2 aromatic heterocycles. The zero-order chi connectivity index (χ0) is 20.4. The Labute approximate surface area is 170 Å². The molecular weight excluding hydrogens is 405 g/mol. The molecule has 0 radical (unpaired) electrons. The Morgan fingerprint density at radius 1 is 1.18 bits per heavy atom. The first kappa shape index (κ1) is 20.0. The molecular formula is C19H17Cl2N3O4. The van der Waals surface area contributed by atoms with Gasteiger partial charge in [0.25, 0.3) is 0 Å². The zero-order valence-corrected chi connectivity index (χ0v) is 16.7. The van der Waals surface area contributed by atoms with Crippen molar-refractivity contribution in [3.05, 3.63) is 62.5 Å². The third kappa shape index (κ3) is 3.76. The van der Waals surface area contributed by atoms with Crippen LogP contribution in [0, 0.1) is 0 Å². The summed E-state index contributed by atoms with van der Waals surface area (Å²) in [6, 6.07) is 5.85. The summed E-state index contributed by atoms with van der Waals surface area (Å²) in [5, 5.41) is 14.4. The molecule has 3 aromatic rings. The number of aromatic carboxylic acids is 1. The van der Waals surface area contributed by atoms with Crippen molar-refractivity contribution >= 4 is 29.2 Å². The van der Waals surface area contributed by atoms with E-state index in [4.69, 9.17) is 27.9 Å². The van der Waals surface area contributed by atoms with E-state index in [0.29, 0.717) is 29.4 Å². The first-order valence-corrected chi connectivity index (χ1v) is 9.28. The largest absolute Gasteiger partial charge is 0.477 e. The molecule has 0 fully saturated rings. The topological polar surface area (TPSA) is 86.4 Å². The number of hydrogen-bond donors (Lipinski definition) is 1. The van der Waals surface area contributed by atoms with Crippen LogP contribution in [-0.4, -0.2) is 25.4 Å². The number of carboxylic acids is 1. The first-order valence-electron chi connectivity index (χ1n) is 8.52. The second-order valence-corrected chi connectivity index (χ2v) is 6.70. The Balaban J connectivity index is 2.25. The van der Waals surface area contributed by atoms with E-state index in [1.165, 1.54) is 12.3 Å². The highest BCUT2D eigenvalue weighted by Gasteiger charge is 2.23. The summed E-state index contributed by atoms with van der Waals surface area (Å²) in [4.78, 5) is 24.4. The average Bonchev–Trinajstić information content (AvgIpc) is 3.10. The number of carboxylic acid groups (broad SMARTS) is 1. The Bertz CT molecular complexity index is 1110. The molecule has 0 spiro atoms. The smallest absolute Gasteiger partial charge is 0.341 e. The van der Waals surface area contributed by atoms with Gasteiger partial charge in [0.05, 0.1) is 28.1 Å². The summed E-state index contributed by atoms with van der Waals surface area (Å²) < 4.78 is 9.12. The Kier molecular flexibility index (Phi) is 5.76. The Morgan fingerprint density at radius 2 is 1.93 bits per heavy atom. The van der Waals surface area contributed by atoms with Gasteiger partial charge in [-0.3, -0.25) is 9.48 Å². The van der Waals surface area contributed by atoms with Gasteiger partial charge in [-0.15, -0.1) is 0 Å². The molecule has 1 aromatic carbocycles. The molecule has 146 valence electrons. The maximum atomic E-state index is 12.6. The fourth-order valence-electron chi connectivity index (χ4n) is 2.86. The molecule has 0 amide bonds. The van der Waals surface area contributed by atoms with Gasteiger partial charge >= 0.3 is 5.97 Å². The van der Waals surface area contributed by atoms with Crippen molar-refractivity contribution in [3.8, 4) is 22.9 Å². The number of pyridine rings is 1. The molecule has 0 unspecified atom stereocenters. The van der Waals surface area contributed by atoms with Crippen LogP contribution >= 0.6 is 23.2 Å². The lowest BCUT2D eigenvalue weighted by atomic mass is 10.0. The fourth-order valence-corrected chi connectivity index (χ4v) is 3.16. The first-order chi connectivity index (χ1) is 13.3. The van der Waals surface area contributed by atoms with Gasteiger partial charge in [-0.1, -0.05) is 29.3 Å². The second kappa shape index (κ2) is 8.08. The lowest BCUT2D eigenvalue weighted by molar-refractivity contribution is 0.0695. The lowest BCUT2D eigenvalue weighted by Gasteiger charge is -2.19. The van der Waals surface area contributed by atoms with Crippen LogP contribution in [-0.2, 0) is 13.1 Å². The van der Waals surface area contributed by atoms with Crippen molar-refractivity contribution in [2.24, 2.45) is 0 Å². The molecule has 0 aliphatic carbocycles. The summed E-state index contributed by atoms with van der Waals surface area (Å²) in [7, 11) is 0. The van der Waals surface area contributed by atoms with Gasteiger partial charge in [0, 0.05) is 24.7 Å². The van der Waals surface area contributed by atoms with Crippen LogP contribution in [0.15, 0.2) is 41.5 Å². The summed E-state index contributed by atoms with van der Waals surface area (Å²) >= 11 is 12.1. The number of ether oxygens (including phenoxy) is 1. The highest BCUT2D eigenvalue weighted by atomic mass is 35.5. The molecule has 0 bridgehead atoms. The summed E-state index contributed by atoms with van der Waals surface area (Å²) in [5.74, 6) is -0.695. The van der Waals surface area contributed by atoms with Crippen molar-refractivity contribution in [1.82, 2.24) is 14.3 Å². The molecule has 0 saturated carbocycles. The van der Waals surface area contributed by atoms with E-state index in [0.717, 1.165) is 6.07 Å². The summed E-state index contributed by atoms with van der Waals surface area (Å²) in [5.41, 5.74) is -0.396. The summed E-state index contributed by atoms with van der Waals surface area (Å²) in [6.45, 7) is 4.77. The molecule has 7 nitrogen and oxygen atoms in total. The number of carbonyl (C=O) groups is 1. The molecule has 28 heavy (non-hydrogen) atoms. The van der Waals surface area contributed by atoms with Crippen LogP contribution in [0.3, 0.4) is 0 Å². The van der Waals surface area contributed by atoms with Gasteiger partial charge in [-0.05, 0) is 26.0 Å². The monoisotopic (exact) mass is 421 g/mol. The minimum Gasteiger partial charge on any atom is -0.477 e. The van der Waals surface area contributed by atoms with E-state index < -0.39 is 11.4 Å². The van der Waals surface area contributed by atoms with Gasteiger partial charge < -0.3 is 14.4 Å². The molecule has 0 aliphatic heterocycles. The molecule has 1 N–H and O–H groups in total. The van der Waals surface area contributed by atoms with E-state index >= 15 is 0 Å². The van der Waals surface area contributed by atoms with Crippen LogP contribution in [0.4, 0.5) is 0 Å². The number of aromatic nitrogens is 3. The van der Waals surface area contributed by atoms with E-state index in [1.54, 1.807) is 27.6 Å². The maximum Gasteiger partial charge on any atom is 0.341 e. The standard InChI is InChI=1S/C19H17Cl2N3O4/c1-3-23-10-12(9-22-23)28-16-8-15(25)17(19(26)27)18(24(16)4-2)11-5-6-13(20)14(21)7-11/h5-10H,3-4H2,1-2H3,(H,26,27). The van der Waals surface area contributed by atoms with Crippen LogP contribution in [0.25, 0.3) is 11.3 Å². The predicted octanol–water partition coefficient (Wildman–Crippen LogP) is 4.55. The van der Waals surface area contributed by atoms with Crippen LogP contribution in [0.1, 0.15) is 24.2 Å². The van der Waals surface area contributed by atoms with Gasteiger partial charge in [-0.2, -0.15) is 5.10 Å².